The Morgan fingerprint density at radius 3 is 2.31 bits per heavy atom. The Kier molecular flexibility index (Phi) is 7.01. The van der Waals surface area contributed by atoms with Gasteiger partial charge in [0.05, 0.1) is 6.10 Å². The maximum Gasteiger partial charge on any atom is 0.0540 e. The third-order valence-corrected chi connectivity index (χ3v) is 3.50. The first kappa shape index (κ1) is 13.9. The van der Waals surface area contributed by atoms with Gasteiger partial charge in [-0.3, -0.25) is 0 Å². The number of hydrogen-bond donors (Lipinski definition) is 1. The number of piperazine rings is 1. The third kappa shape index (κ3) is 5.83. The predicted octanol–water partition coefficient (Wildman–Crippen LogP) is 1.57. The molecule has 1 rings (SSSR count). The summed E-state index contributed by atoms with van der Waals surface area (Å²) in [5.41, 5.74) is 0. The number of rotatable bonds is 7. The van der Waals surface area contributed by atoms with Crippen LogP contribution in [0.5, 0.6) is 0 Å². The highest BCUT2D eigenvalue weighted by Gasteiger charge is 2.13. The molecule has 1 saturated heterocycles. The minimum Gasteiger partial charge on any atom is -0.393 e. The first-order chi connectivity index (χ1) is 7.72. The number of unbranched alkanes of at least 4 members (excludes halogenated alkanes) is 1. The summed E-state index contributed by atoms with van der Waals surface area (Å²) in [5.74, 6) is 0. The van der Waals surface area contributed by atoms with Crippen molar-refractivity contribution in [2.24, 2.45) is 0 Å². The molecule has 0 aromatic heterocycles. The number of hydrogen-bond acceptors (Lipinski definition) is 3. The van der Waals surface area contributed by atoms with Crippen LogP contribution in [0, 0.1) is 0 Å². The molecule has 0 bridgehead atoms. The van der Waals surface area contributed by atoms with Crippen molar-refractivity contribution >= 4 is 0 Å². The van der Waals surface area contributed by atoms with Crippen molar-refractivity contribution in [1.82, 2.24) is 9.80 Å². The average molecular weight is 228 g/mol. The molecule has 0 aromatic carbocycles. The Labute approximate surface area is 100 Å². The highest BCUT2D eigenvalue weighted by atomic mass is 16.3. The normalized spacial score (nSPS) is 21.2. The Morgan fingerprint density at radius 1 is 1.06 bits per heavy atom. The summed E-state index contributed by atoms with van der Waals surface area (Å²) in [6.07, 6.45) is 5.40. The Balaban J connectivity index is 1.98. The van der Waals surface area contributed by atoms with Crippen molar-refractivity contribution in [2.75, 3.05) is 39.8 Å². The molecule has 1 heterocycles. The molecule has 0 saturated carbocycles. The summed E-state index contributed by atoms with van der Waals surface area (Å²) >= 11 is 0. The van der Waals surface area contributed by atoms with Crippen LogP contribution in [-0.2, 0) is 0 Å². The van der Waals surface area contributed by atoms with Gasteiger partial charge in [0.2, 0.25) is 0 Å². The van der Waals surface area contributed by atoms with E-state index in [9.17, 15) is 5.11 Å². The van der Waals surface area contributed by atoms with Crippen LogP contribution in [0.1, 0.15) is 39.0 Å². The first-order valence-corrected chi connectivity index (χ1v) is 6.81. The van der Waals surface area contributed by atoms with Gasteiger partial charge in [0.25, 0.3) is 0 Å². The van der Waals surface area contributed by atoms with E-state index in [1.54, 1.807) is 0 Å². The molecule has 0 aromatic rings. The summed E-state index contributed by atoms with van der Waals surface area (Å²) in [4.78, 5) is 4.90. The van der Waals surface area contributed by atoms with Crippen molar-refractivity contribution in [1.29, 1.82) is 0 Å². The van der Waals surface area contributed by atoms with E-state index in [2.05, 4.69) is 23.8 Å². The van der Waals surface area contributed by atoms with E-state index in [0.29, 0.717) is 0 Å². The van der Waals surface area contributed by atoms with Crippen molar-refractivity contribution in [3.63, 3.8) is 0 Å². The van der Waals surface area contributed by atoms with Crippen LogP contribution in [0.4, 0.5) is 0 Å². The van der Waals surface area contributed by atoms with Crippen molar-refractivity contribution < 1.29 is 5.11 Å². The lowest BCUT2D eigenvalue weighted by atomic mass is 10.1. The summed E-state index contributed by atoms with van der Waals surface area (Å²) in [5, 5.41) is 9.73. The van der Waals surface area contributed by atoms with Crippen LogP contribution >= 0.6 is 0 Å². The van der Waals surface area contributed by atoms with Gasteiger partial charge in [0.15, 0.2) is 0 Å². The molecule has 0 spiro atoms. The maximum absolute atomic E-state index is 9.73. The van der Waals surface area contributed by atoms with Crippen LogP contribution in [-0.4, -0.2) is 60.8 Å². The average Bonchev–Trinajstić information content (AvgIpc) is 2.29. The van der Waals surface area contributed by atoms with Crippen LogP contribution in [0.25, 0.3) is 0 Å². The van der Waals surface area contributed by atoms with Gasteiger partial charge >= 0.3 is 0 Å². The van der Waals surface area contributed by atoms with E-state index in [0.717, 1.165) is 32.2 Å². The van der Waals surface area contributed by atoms with Gasteiger partial charge in [0.1, 0.15) is 0 Å². The molecule has 96 valence electrons. The van der Waals surface area contributed by atoms with Gasteiger partial charge in [0, 0.05) is 26.2 Å². The zero-order chi connectivity index (χ0) is 11.8. The quantitative estimate of drug-likeness (QED) is 0.716. The molecule has 1 N–H and O–H groups in total. The van der Waals surface area contributed by atoms with E-state index in [1.807, 2.05) is 0 Å². The second-order valence-electron chi connectivity index (χ2n) is 5.08. The van der Waals surface area contributed by atoms with Crippen molar-refractivity contribution in [3.8, 4) is 0 Å². The lowest BCUT2D eigenvalue weighted by Gasteiger charge is -2.32. The highest BCUT2D eigenvalue weighted by Crippen LogP contribution is 2.08. The van der Waals surface area contributed by atoms with Crippen LogP contribution in [0.3, 0.4) is 0 Å². The van der Waals surface area contributed by atoms with Crippen LogP contribution < -0.4 is 0 Å². The zero-order valence-electron chi connectivity index (χ0n) is 11.0. The Hall–Kier alpha value is -0.120. The third-order valence-electron chi connectivity index (χ3n) is 3.50. The standard InChI is InChI=1S/C13H28N2O/c1-3-4-6-13(16)7-5-8-15-11-9-14(2)10-12-15/h13,16H,3-12H2,1-2H3/t13-/m1/s1. The van der Waals surface area contributed by atoms with Gasteiger partial charge in [-0.05, 0) is 32.9 Å². The molecule has 1 aliphatic heterocycles. The largest absolute Gasteiger partial charge is 0.393 e. The van der Waals surface area contributed by atoms with E-state index in [4.69, 9.17) is 0 Å². The summed E-state index contributed by atoms with van der Waals surface area (Å²) in [6, 6.07) is 0. The molecule has 1 aliphatic rings. The van der Waals surface area contributed by atoms with Gasteiger partial charge in [-0.25, -0.2) is 0 Å². The molecule has 1 fully saturated rings. The van der Waals surface area contributed by atoms with E-state index in [1.165, 1.54) is 32.6 Å². The lowest BCUT2D eigenvalue weighted by molar-refractivity contribution is 0.125. The fraction of sp³-hybridized carbons (Fsp3) is 1.00. The summed E-state index contributed by atoms with van der Waals surface area (Å²) in [6.45, 7) is 8.12. The number of nitrogens with zero attached hydrogens (tertiary/aromatic N) is 2. The van der Waals surface area contributed by atoms with Crippen LogP contribution in [0.2, 0.25) is 0 Å². The monoisotopic (exact) mass is 228 g/mol. The molecule has 1 atom stereocenters. The van der Waals surface area contributed by atoms with E-state index < -0.39 is 0 Å². The number of likely N-dealkylation sites (N-methyl/N-ethyl adjacent to an activating group) is 1. The Morgan fingerprint density at radius 2 is 1.69 bits per heavy atom. The predicted molar refractivity (Wildman–Crippen MR) is 68.7 cm³/mol. The molecular formula is C13H28N2O. The molecule has 0 amide bonds. The topological polar surface area (TPSA) is 26.7 Å². The molecular weight excluding hydrogens is 200 g/mol. The first-order valence-electron chi connectivity index (χ1n) is 6.81. The number of aliphatic hydroxyl groups excluding tert-OH is 1. The van der Waals surface area contributed by atoms with E-state index in [-0.39, 0.29) is 6.10 Å². The second kappa shape index (κ2) is 8.04. The van der Waals surface area contributed by atoms with Gasteiger partial charge < -0.3 is 14.9 Å². The lowest BCUT2D eigenvalue weighted by Crippen LogP contribution is -2.44. The summed E-state index contributed by atoms with van der Waals surface area (Å²) in [7, 11) is 2.19. The molecule has 0 aliphatic carbocycles. The van der Waals surface area contributed by atoms with E-state index >= 15 is 0 Å². The molecule has 0 radical (unpaired) electrons. The van der Waals surface area contributed by atoms with Crippen molar-refractivity contribution in [2.45, 2.75) is 45.1 Å². The smallest absolute Gasteiger partial charge is 0.0540 e. The minimum absolute atomic E-state index is 0.0626. The van der Waals surface area contributed by atoms with Crippen molar-refractivity contribution in [3.05, 3.63) is 0 Å². The highest BCUT2D eigenvalue weighted by molar-refractivity contribution is 4.69. The maximum atomic E-state index is 9.73. The van der Waals surface area contributed by atoms with Gasteiger partial charge in [-0.2, -0.15) is 0 Å². The molecule has 0 unspecified atom stereocenters. The fourth-order valence-electron chi connectivity index (χ4n) is 2.21. The molecule has 3 nitrogen and oxygen atoms in total. The van der Waals surface area contributed by atoms with Gasteiger partial charge in [-0.15, -0.1) is 0 Å². The zero-order valence-corrected chi connectivity index (χ0v) is 11.0. The Bertz CT molecular complexity index is 167. The van der Waals surface area contributed by atoms with Crippen LogP contribution in [0.15, 0.2) is 0 Å². The van der Waals surface area contributed by atoms with Gasteiger partial charge in [-0.1, -0.05) is 19.8 Å². The fourth-order valence-corrected chi connectivity index (χ4v) is 2.21. The minimum atomic E-state index is -0.0626. The molecule has 16 heavy (non-hydrogen) atoms. The SMILES string of the molecule is CCCC[C@@H](O)CCCN1CCN(C)CC1. The molecule has 3 heteroatoms. The number of aliphatic hydroxyl groups is 1. The summed E-state index contributed by atoms with van der Waals surface area (Å²) < 4.78 is 0. The second-order valence-corrected chi connectivity index (χ2v) is 5.08.